The summed E-state index contributed by atoms with van der Waals surface area (Å²) in [6, 6.07) is 0. The fourth-order valence-corrected chi connectivity index (χ4v) is 1.65. The predicted octanol–water partition coefficient (Wildman–Crippen LogP) is 1.97. The molecule has 0 unspecified atom stereocenters. The first-order valence-corrected chi connectivity index (χ1v) is 6.14. The molecule has 0 aromatic carbocycles. The summed E-state index contributed by atoms with van der Waals surface area (Å²) in [5, 5.41) is 14.3. The first kappa shape index (κ1) is 15.1. The number of hydrazine groups is 1. The van der Waals surface area contributed by atoms with Crippen molar-refractivity contribution in [3.8, 4) is 0 Å². The molecule has 0 atom stereocenters. The van der Waals surface area contributed by atoms with Crippen molar-refractivity contribution in [1.29, 1.82) is 0 Å². The SMILES string of the molecule is CCC(C)(CC)Nc1nc(NN)nc(C)c1[N+](=O)[O-]. The second-order valence-electron chi connectivity index (χ2n) is 4.62. The molecule has 19 heavy (non-hydrogen) atoms. The monoisotopic (exact) mass is 268 g/mol. The molecule has 4 N–H and O–H groups in total. The highest BCUT2D eigenvalue weighted by Crippen LogP contribution is 2.30. The van der Waals surface area contributed by atoms with Crippen LogP contribution in [0.4, 0.5) is 17.5 Å². The number of aryl methyl sites for hydroxylation is 1. The Bertz CT molecular complexity index is 472. The number of nitro groups is 1. The molecule has 0 amide bonds. The van der Waals surface area contributed by atoms with Gasteiger partial charge in [0.15, 0.2) is 0 Å². The third kappa shape index (κ3) is 3.28. The highest BCUT2D eigenvalue weighted by Gasteiger charge is 2.28. The van der Waals surface area contributed by atoms with Crippen LogP contribution in [-0.4, -0.2) is 20.4 Å². The van der Waals surface area contributed by atoms with E-state index in [0.717, 1.165) is 12.8 Å². The number of rotatable bonds is 6. The Morgan fingerprint density at radius 2 is 1.95 bits per heavy atom. The Balaban J connectivity index is 3.31. The van der Waals surface area contributed by atoms with Crippen molar-refractivity contribution in [2.45, 2.75) is 46.1 Å². The zero-order chi connectivity index (χ0) is 14.6. The van der Waals surface area contributed by atoms with E-state index in [0.29, 0.717) is 0 Å². The van der Waals surface area contributed by atoms with Crippen molar-refractivity contribution in [2.75, 3.05) is 10.7 Å². The zero-order valence-corrected chi connectivity index (χ0v) is 11.6. The van der Waals surface area contributed by atoms with E-state index in [-0.39, 0.29) is 28.7 Å². The Labute approximate surface area is 111 Å². The number of nitrogens with zero attached hydrogens (tertiary/aromatic N) is 3. The molecular formula is C11H20N6O2. The third-order valence-electron chi connectivity index (χ3n) is 3.35. The quantitative estimate of drug-likeness (QED) is 0.410. The number of nitrogens with one attached hydrogen (secondary N) is 2. The molecule has 0 aliphatic carbocycles. The number of nitrogens with two attached hydrogens (primary N) is 1. The van der Waals surface area contributed by atoms with Gasteiger partial charge in [0.1, 0.15) is 5.69 Å². The molecule has 0 radical (unpaired) electrons. The van der Waals surface area contributed by atoms with Gasteiger partial charge in [-0.3, -0.25) is 15.5 Å². The average molecular weight is 268 g/mol. The topological polar surface area (TPSA) is 119 Å². The number of anilines is 2. The van der Waals surface area contributed by atoms with Gasteiger partial charge in [-0.2, -0.15) is 4.98 Å². The summed E-state index contributed by atoms with van der Waals surface area (Å²) >= 11 is 0. The molecule has 0 aliphatic rings. The van der Waals surface area contributed by atoms with Crippen LogP contribution >= 0.6 is 0 Å². The highest BCUT2D eigenvalue weighted by atomic mass is 16.6. The largest absolute Gasteiger partial charge is 0.359 e. The summed E-state index contributed by atoms with van der Waals surface area (Å²) in [6.07, 6.45) is 1.63. The standard InChI is InChI=1S/C11H20N6O2/c1-5-11(4,6-2)15-9-8(17(18)19)7(3)13-10(14-9)16-12/h5-6,12H2,1-4H3,(H2,13,14,15,16). The maximum atomic E-state index is 11.1. The lowest BCUT2D eigenvalue weighted by atomic mass is 9.95. The summed E-state index contributed by atoms with van der Waals surface area (Å²) in [6.45, 7) is 7.57. The summed E-state index contributed by atoms with van der Waals surface area (Å²) in [7, 11) is 0. The minimum Gasteiger partial charge on any atom is -0.359 e. The van der Waals surface area contributed by atoms with E-state index >= 15 is 0 Å². The molecule has 8 heteroatoms. The summed E-state index contributed by atoms with van der Waals surface area (Å²) in [4.78, 5) is 18.6. The second-order valence-corrected chi connectivity index (χ2v) is 4.62. The summed E-state index contributed by atoms with van der Waals surface area (Å²) in [5.41, 5.74) is 2.19. The fourth-order valence-electron chi connectivity index (χ4n) is 1.65. The number of hydrogen-bond donors (Lipinski definition) is 3. The zero-order valence-electron chi connectivity index (χ0n) is 11.6. The molecule has 8 nitrogen and oxygen atoms in total. The van der Waals surface area contributed by atoms with Crippen LogP contribution in [0.25, 0.3) is 0 Å². The second kappa shape index (κ2) is 5.79. The van der Waals surface area contributed by atoms with E-state index in [1.807, 2.05) is 20.8 Å². The van der Waals surface area contributed by atoms with Gasteiger partial charge in [0.2, 0.25) is 11.8 Å². The predicted molar refractivity (Wildman–Crippen MR) is 73.8 cm³/mol. The van der Waals surface area contributed by atoms with Crippen LogP contribution in [0.1, 0.15) is 39.3 Å². The van der Waals surface area contributed by atoms with Crippen molar-refractivity contribution in [2.24, 2.45) is 5.84 Å². The van der Waals surface area contributed by atoms with Crippen molar-refractivity contribution in [3.63, 3.8) is 0 Å². The molecule has 0 fully saturated rings. The molecular weight excluding hydrogens is 248 g/mol. The van der Waals surface area contributed by atoms with Gasteiger partial charge in [0.05, 0.1) is 4.92 Å². The van der Waals surface area contributed by atoms with Gasteiger partial charge in [-0.25, -0.2) is 10.8 Å². The average Bonchev–Trinajstić information content (AvgIpc) is 2.37. The van der Waals surface area contributed by atoms with Gasteiger partial charge in [-0.1, -0.05) is 13.8 Å². The third-order valence-corrected chi connectivity index (χ3v) is 3.35. The minimum absolute atomic E-state index is 0.118. The van der Waals surface area contributed by atoms with Crippen LogP contribution in [-0.2, 0) is 0 Å². The molecule has 0 bridgehead atoms. The van der Waals surface area contributed by atoms with Crippen LogP contribution in [0.2, 0.25) is 0 Å². The summed E-state index contributed by atoms with van der Waals surface area (Å²) in [5.74, 6) is 5.61. The van der Waals surface area contributed by atoms with Gasteiger partial charge in [0, 0.05) is 5.54 Å². The van der Waals surface area contributed by atoms with Gasteiger partial charge in [-0.05, 0) is 26.7 Å². The lowest BCUT2D eigenvalue weighted by Crippen LogP contribution is -2.34. The van der Waals surface area contributed by atoms with E-state index in [4.69, 9.17) is 5.84 Å². The van der Waals surface area contributed by atoms with E-state index in [9.17, 15) is 10.1 Å². The first-order chi connectivity index (χ1) is 8.86. The molecule has 1 rings (SSSR count). The molecule has 106 valence electrons. The van der Waals surface area contributed by atoms with Crippen LogP contribution in [0.15, 0.2) is 0 Å². The van der Waals surface area contributed by atoms with Gasteiger partial charge in [0.25, 0.3) is 0 Å². The van der Waals surface area contributed by atoms with Crippen LogP contribution in [0.3, 0.4) is 0 Å². The molecule has 0 saturated heterocycles. The first-order valence-electron chi connectivity index (χ1n) is 6.14. The maximum absolute atomic E-state index is 11.1. The van der Waals surface area contributed by atoms with Crippen molar-refractivity contribution >= 4 is 17.5 Å². The van der Waals surface area contributed by atoms with Crippen molar-refractivity contribution in [3.05, 3.63) is 15.8 Å². The normalized spacial score (nSPS) is 11.2. The van der Waals surface area contributed by atoms with Crippen molar-refractivity contribution < 1.29 is 4.92 Å². The van der Waals surface area contributed by atoms with Gasteiger partial charge >= 0.3 is 5.69 Å². The van der Waals surface area contributed by atoms with Crippen LogP contribution in [0.5, 0.6) is 0 Å². The highest BCUT2D eigenvalue weighted by molar-refractivity contribution is 5.61. The molecule has 1 aromatic rings. The summed E-state index contributed by atoms with van der Waals surface area (Å²) < 4.78 is 0. The van der Waals surface area contributed by atoms with Gasteiger partial charge < -0.3 is 5.32 Å². The van der Waals surface area contributed by atoms with Gasteiger partial charge in [-0.15, -0.1) is 0 Å². The Morgan fingerprint density at radius 3 is 2.37 bits per heavy atom. The van der Waals surface area contributed by atoms with E-state index in [1.54, 1.807) is 6.92 Å². The van der Waals surface area contributed by atoms with E-state index in [2.05, 4.69) is 20.7 Å². The fraction of sp³-hybridized carbons (Fsp3) is 0.636. The van der Waals surface area contributed by atoms with Crippen LogP contribution < -0.4 is 16.6 Å². The molecule has 0 saturated carbocycles. The lowest BCUT2D eigenvalue weighted by molar-refractivity contribution is -0.385. The van der Waals surface area contributed by atoms with Crippen molar-refractivity contribution in [1.82, 2.24) is 9.97 Å². The Kier molecular flexibility index (Phi) is 4.60. The minimum atomic E-state index is -0.482. The maximum Gasteiger partial charge on any atom is 0.332 e. The van der Waals surface area contributed by atoms with E-state index in [1.165, 1.54) is 0 Å². The Hall–Kier alpha value is -1.96. The molecule has 0 spiro atoms. The van der Waals surface area contributed by atoms with Crippen LogP contribution in [0, 0.1) is 17.0 Å². The smallest absolute Gasteiger partial charge is 0.332 e. The number of nitrogen functional groups attached to an aromatic ring is 1. The lowest BCUT2D eigenvalue weighted by Gasteiger charge is -2.28. The molecule has 0 aliphatic heterocycles. The number of aromatic nitrogens is 2. The number of hydrogen-bond acceptors (Lipinski definition) is 7. The van der Waals surface area contributed by atoms with E-state index < -0.39 is 4.92 Å². The Morgan fingerprint density at radius 1 is 1.37 bits per heavy atom. The molecule has 1 heterocycles. The molecule has 1 aromatic heterocycles.